The Labute approximate surface area is 115 Å². The van der Waals surface area contributed by atoms with Crippen molar-refractivity contribution in [3.63, 3.8) is 0 Å². The molecule has 0 aliphatic carbocycles. The first kappa shape index (κ1) is 12.2. The molecule has 0 radical (unpaired) electrons. The topological polar surface area (TPSA) is 64.4 Å². The average molecular weight is 268 g/mol. The van der Waals surface area contributed by atoms with Gasteiger partial charge >= 0.3 is 5.70 Å². The molecule has 0 spiro atoms. The summed E-state index contributed by atoms with van der Waals surface area (Å²) >= 11 is 0. The van der Waals surface area contributed by atoms with Crippen molar-refractivity contribution in [2.24, 2.45) is 0 Å². The van der Waals surface area contributed by atoms with Gasteiger partial charge < -0.3 is 10.1 Å². The van der Waals surface area contributed by atoms with E-state index in [0.29, 0.717) is 11.3 Å². The maximum Gasteiger partial charge on any atom is 0.308 e. The van der Waals surface area contributed by atoms with Gasteiger partial charge in [0.25, 0.3) is 6.23 Å². The van der Waals surface area contributed by atoms with E-state index in [0.717, 1.165) is 5.69 Å². The highest BCUT2D eigenvalue weighted by molar-refractivity contribution is 5.62. The fraction of sp³-hybridized carbons (Fsp3) is 0.0667. The lowest BCUT2D eigenvalue weighted by Crippen LogP contribution is -2.34. The minimum atomic E-state index is -0.803. The van der Waals surface area contributed by atoms with E-state index in [1.807, 2.05) is 42.5 Å². The van der Waals surface area contributed by atoms with Crippen LogP contribution in [0.1, 0.15) is 5.56 Å². The molecule has 2 aromatic rings. The molecule has 3 rings (SSSR count). The van der Waals surface area contributed by atoms with E-state index in [1.54, 1.807) is 18.2 Å². The lowest BCUT2D eigenvalue weighted by molar-refractivity contribution is -0.432. The monoisotopic (exact) mass is 268 g/mol. The highest BCUT2D eigenvalue weighted by Crippen LogP contribution is 2.30. The standard InChI is InChI=1S/C15H12N2O3/c18-17(19)13-10-11-6-4-5-9-14(11)20-15(13)16-12-7-2-1-3-8-12/h1-10,15-16H. The Kier molecular flexibility index (Phi) is 3.09. The number of rotatable bonds is 3. The number of nitrogens with zero attached hydrogens (tertiary/aromatic N) is 1. The largest absolute Gasteiger partial charge is 0.459 e. The summed E-state index contributed by atoms with van der Waals surface area (Å²) in [5.74, 6) is 0.631. The summed E-state index contributed by atoms with van der Waals surface area (Å²) in [7, 11) is 0. The Morgan fingerprint density at radius 2 is 1.75 bits per heavy atom. The van der Waals surface area contributed by atoms with Crippen LogP contribution in [0.3, 0.4) is 0 Å². The zero-order chi connectivity index (χ0) is 13.9. The first-order chi connectivity index (χ1) is 9.74. The van der Waals surface area contributed by atoms with Crippen molar-refractivity contribution in [1.82, 2.24) is 0 Å². The van der Waals surface area contributed by atoms with Gasteiger partial charge in [-0.05, 0) is 18.2 Å². The number of nitro groups is 1. The van der Waals surface area contributed by atoms with Crippen molar-refractivity contribution in [2.75, 3.05) is 5.32 Å². The van der Waals surface area contributed by atoms with Gasteiger partial charge in [-0.15, -0.1) is 0 Å². The van der Waals surface area contributed by atoms with Crippen molar-refractivity contribution in [3.05, 3.63) is 76.0 Å². The Morgan fingerprint density at radius 1 is 1.05 bits per heavy atom. The van der Waals surface area contributed by atoms with Crippen LogP contribution in [0.25, 0.3) is 6.08 Å². The van der Waals surface area contributed by atoms with Crippen LogP contribution in [0.4, 0.5) is 5.69 Å². The fourth-order valence-electron chi connectivity index (χ4n) is 2.07. The minimum absolute atomic E-state index is 0.00690. The molecule has 5 nitrogen and oxygen atoms in total. The van der Waals surface area contributed by atoms with Crippen LogP contribution in [-0.4, -0.2) is 11.2 Å². The molecule has 0 bridgehead atoms. The van der Waals surface area contributed by atoms with Crippen LogP contribution in [0, 0.1) is 10.1 Å². The molecule has 0 fully saturated rings. The Balaban J connectivity index is 1.94. The first-order valence-electron chi connectivity index (χ1n) is 6.17. The number of anilines is 1. The van der Waals surface area contributed by atoms with E-state index in [4.69, 9.17) is 4.74 Å². The molecule has 2 aromatic carbocycles. The molecule has 5 heteroatoms. The predicted octanol–water partition coefficient (Wildman–Crippen LogP) is 3.13. The van der Waals surface area contributed by atoms with Gasteiger partial charge in [0, 0.05) is 17.3 Å². The molecule has 1 aliphatic rings. The Hall–Kier alpha value is -2.82. The van der Waals surface area contributed by atoms with E-state index in [2.05, 4.69) is 5.32 Å². The molecule has 0 saturated carbocycles. The third-order valence-corrected chi connectivity index (χ3v) is 3.02. The second-order valence-electron chi connectivity index (χ2n) is 4.37. The summed E-state index contributed by atoms with van der Waals surface area (Å²) in [5.41, 5.74) is 1.47. The molecule has 1 atom stereocenters. The van der Waals surface area contributed by atoms with Crippen molar-refractivity contribution in [2.45, 2.75) is 6.23 Å². The molecular weight excluding hydrogens is 256 g/mol. The van der Waals surface area contributed by atoms with E-state index in [9.17, 15) is 10.1 Å². The molecule has 0 aromatic heterocycles. The van der Waals surface area contributed by atoms with Gasteiger partial charge in [-0.3, -0.25) is 10.1 Å². The van der Waals surface area contributed by atoms with Crippen molar-refractivity contribution in [1.29, 1.82) is 0 Å². The van der Waals surface area contributed by atoms with E-state index >= 15 is 0 Å². The lowest BCUT2D eigenvalue weighted by atomic mass is 10.1. The van der Waals surface area contributed by atoms with E-state index in [1.165, 1.54) is 0 Å². The second-order valence-corrected chi connectivity index (χ2v) is 4.37. The summed E-state index contributed by atoms with van der Waals surface area (Å²) in [6.45, 7) is 0. The number of ether oxygens (including phenoxy) is 1. The quantitative estimate of drug-likeness (QED) is 0.686. The smallest absolute Gasteiger partial charge is 0.308 e. The number of para-hydroxylation sites is 2. The maximum atomic E-state index is 11.2. The Morgan fingerprint density at radius 3 is 2.50 bits per heavy atom. The van der Waals surface area contributed by atoms with Gasteiger partial charge in [0.2, 0.25) is 0 Å². The molecule has 20 heavy (non-hydrogen) atoms. The lowest BCUT2D eigenvalue weighted by Gasteiger charge is -2.23. The molecule has 1 aliphatic heterocycles. The van der Waals surface area contributed by atoms with Crippen LogP contribution >= 0.6 is 0 Å². The second kappa shape index (κ2) is 5.05. The van der Waals surface area contributed by atoms with Crippen molar-refractivity contribution in [3.8, 4) is 5.75 Å². The third kappa shape index (κ3) is 2.33. The third-order valence-electron chi connectivity index (χ3n) is 3.02. The molecule has 1 unspecified atom stereocenters. The molecule has 0 amide bonds. The van der Waals surface area contributed by atoms with Crippen LogP contribution < -0.4 is 10.1 Å². The SMILES string of the molecule is O=[N+]([O-])C1=Cc2ccccc2OC1Nc1ccccc1. The summed E-state index contributed by atoms with van der Waals surface area (Å²) in [5, 5.41) is 14.2. The van der Waals surface area contributed by atoms with Crippen LogP contribution in [-0.2, 0) is 0 Å². The highest BCUT2D eigenvalue weighted by Gasteiger charge is 2.31. The molecule has 1 heterocycles. The van der Waals surface area contributed by atoms with Crippen LogP contribution in [0.2, 0.25) is 0 Å². The number of benzene rings is 2. The van der Waals surface area contributed by atoms with Gasteiger partial charge in [0.05, 0.1) is 4.92 Å². The van der Waals surface area contributed by atoms with E-state index in [-0.39, 0.29) is 5.70 Å². The molecule has 100 valence electrons. The fourth-order valence-corrected chi connectivity index (χ4v) is 2.07. The predicted molar refractivity (Wildman–Crippen MR) is 75.9 cm³/mol. The summed E-state index contributed by atoms with van der Waals surface area (Å²) in [6, 6.07) is 16.5. The Bertz CT molecular complexity index is 668. The number of nitrogens with one attached hydrogen (secondary N) is 1. The first-order valence-corrected chi connectivity index (χ1v) is 6.17. The highest BCUT2D eigenvalue weighted by atomic mass is 16.6. The summed E-state index contributed by atoms with van der Waals surface area (Å²) < 4.78 is 5.69. The number of hydrogen-bond acceptors (Lipinski definition) is 4. The molecule has 0 saturated heterocycles. The molecular formula is C15H12N2O3. The van der Waals surface area contributed by atoms with E-state index < -0.39 is 11.2 Å². The minimum Gasteiger partial charge on any atom is -0.459 e. The average Bonchev–Trinajstić information content (AvgIpc) is 2.47. The number of fused-ring (bicyclic) bond motifs is 1. The molecule has 1 N–H and O–H groups in total. The number of hydrogen-bond donors (Lipinski definition) is 1. The summed E-state index contributed by atoms with van der Waals surface area (Å²) in [4.78, 5) is 10.8. The van der Waals surface area contributed by atoms with Crippen molar-refractivity contribution < 1.29 is 9.66 Å². The van der Waals surface area contributed by atoms with Gasteiger partial charge in [-0.1, -0.05) is 36.4 Å². The normalized spacial score (nSPS) is 16.6. The zero-order valence-corrected chi connectivity index (χ0v) is 10.5. The van der Waals surface area contributed by atoms with Gasteiger partial charge in [-0.25, -0.2) is 0 Å². The zero-order valence-electron chi connectivity index (χ0n) is 10.5. The van der Waals surface area contributed by atoms with Gasteiger partial charge in [0.1, 0.15) is 5.75 Å². The van der Waals surface area contributed by atoms with Gasteiger partial charge in [0.15, 0.2) is 0 Å². The van der Waals surface area contributed by atoms with Crippen LogP contribution in [0.15, 0.2) is 60.3 Å². The van der Waals surface area contributed by atoms with Crippen molar-refractivity contribution >= 4 is 11.8 Å². The van der Waals surface area contributed by atoms with Gasteiger partial charge in [-0.2, -0.15) is 0 Å². The maximum absolute atomic E-state index is 11.2. The van der Waals surface area contributed by atoms with Crippen LogP contribution in [0.5, 0.6) is 5.75 Å². The summed E-state index contributed by atoms with van der Waals surface area (Å²) in [6.07, 6.45) is 0.738.